The van der Waals surface area contributed by atoms with Crippen LogP contribution in [0.1, 0.15) is 21.5 Å². The van der Waals surface area contributed by atoms with E-state index in [4.69, 9.17) is 5.11 Å². The zero-order valence-corrected chi connectivity index (χ0v) is 15.8. The first kappa shape index (κ1) is 18.9. The van der Waals surface area contributed by atoms with Crippen LogP contribution in [0.2, 0.25) is 0 Å². The molecule has 1 fully saturated rings. The molecule has 3 rings (SSSR count). The second-order valence-electron chi connectivity index (χ2n) is 6.28. The van der Waals surface area contributed by atoms with Crippen LogP contribution < -0.4 is 0 Å². The number of hydrogen-bond acceptors (Lipinski definition) is 4. The van der Waals surface area contributed by atoms with Crippen molar-refractivity contribution < 1.29 is 14.7 Å². The number of aliphatic imine (C=N–C) groups is 1. The number of carboxylic acid groups (broad SMARTS) is 1. The molecule has 1 aliphatic rings. The molecule has 1 saturated heterocycles. The minimum Gasteiger partial charge on any atom is -0.478 e. The van der Waals surface area contributed by atoms with Gasteiger partial charge < -0.3 is 5.11 Å². The van der Waals surface area contributed by atoms with Crippen LogP contribution >= 0.6 is 11.8 Å². The lowest BCUT2D eigenvalue weighted by atomic mass is 10.1. The normalized spacial score (nSPS) is 18.1. The molecular formula is C21H20N2O3S. The highest BCUT2D eigenvalue weighted by Crippen LogP contribution is 2.32. The van der Waals surface area contributed by atoms with Crippen LogP contribution in [-0.2, 0) is 11.2 Å². The number of aryl methyl sites for hydroxylation is 1. The van der Waals surface area contributed by atoms with E-state index in [1.165, 1.54) is 29.5 Å². The Morgan fingerprint density at radius 2 is 2.04 bits per heavy atom. The molecule has 27 heavy (non-hydrogen) atoms. The van der Waals surface area contributed by atoms with Gasteiger partial charge >= 0.3 is 5.97 Å². The van der Waals surface area contributed by atoms with Crippen molar-refractivity contribution in [3.63, 3.8) is 0 Å². The molecule has 2 aromatic carbocycles. The van der Waals surface area contributed by atoms with Crippen molar-refractivity contribution in [3.05, 3.63) is 77.9 Å². The number of carboxylic acids is 1. The molecule has 1 amide bonds. The van der Waals surface area contributed by atoms with E-state index in [1.807, 2.05) is 25.1 Å². The zero-order chi connectivity index (χ0) is 19.4. The maximum absolute atomic E-state index is 12.8. The predicted octanol–water partition coefficient (Wildman–Crippen LogP) is 4.05. The molecule has 6 heteroatoms. The minimum absolute atomic E-state index is 0.0160. The van der Waals surface area contributed by atoms with Gasteiger partial charge in [0.15, 0.2) is 5.17 Å². The number of amides is 1. The first-order chi connectivity index (χ1) is 13.0. The van der Waals surface area contributed by atoms with Crippen molar-refractivity contribution in [2.75, 3.05) is 6.54 Å². The van der Waals surface area contributed by atoms with Gasteiger partial charge in [0, 0.05) is 6.54 Å². The monoisotopic (exact) mass is 380 g/mol. The fraction of sp³-hybridized carbons (Fsp3) is 0.190. The molecule has 0 aliphatic carbocycles. The molecular weight excluding hydrogens is 360 g/mol. The number of carbonyl (C=O) groups excluding carboxylic acids is 1. The molecule has 1 N–H and O–H groups in total. The molecule has 0 radical (unpaired) electrons. The average Bonchev–Trinajstić information content (AvgIpc) is 2.91. The van der Waals surface area contributed by atoms with Crippen molar-refractivity contribution in [3.8, 4) is 0 Å². The summed E-state index contributed by atoms with van der Waals surface area (Å²) in [5.41, 5.74) is 3.10. The lowest BCUT2D eigenvalue weighted by Gasteiger charge is -2.14. The van der Waals surface area contributed by atoms with E-state index in [1.54, 1.807) is 23.1 Å². The Bertz CT molecular complexity index is 906. The van der Waals surface area contributed by atoms with Crippen LogP contribution in [0.25, 0.3) is 0 Å². The van der Waals surface area contributed by atoms with Crippen molar-refractivity contribution in [1.82, 2.24) is 4.90 Å². The Kier molecular flexibility index (Phi) is 5.76. The van der Waals surface area contributed by atoms with E-state index < -0.39 is 5.97 Å². The van der Waals surface area contributed by atoms with Crippen LogP contribution in [-0.4, -0.2) is 38.8 Å². The van der Waals surface area contributed by atoms with Gasteiger partial charge in [0.05, 0.1) is 16.5 Å². The summed E-state index contributed by atoms with van der Waals surface area (Å²) in [6.45, 7) is 6.15. The summed E-state index contributed by atoms with van der Waals surface area (Å²) in [6.07, 6.45) is 2.31. The Morgan fingerprint density at radius 3 is 2.67 bits per heavy atom. The van der Waals surface area contributed by atoms with Gasteiger partial charge in [0.1, 0.15) is 0 Å². The maximum Gasteiger partial charge on any atom is 0.335 e. The fourth-order valence-corrected chi connectivity index (χ4v) is 4.07. The molecule has 1 heterocycles. The van der Waals surface area contributed by atoms with Gasteiger partial charge in [-0.25, -0.2) is 9.79 Å². The summed E-state index contributed by atoms with van der Waals surface area (Å²) in [5, 5.41) is 9.38. The van der Waals surface area contributed by atoms with E-state index >= 15 is 0 Å². The third-order valence-electron chi connectivity index (χ3n) is 4.17. The fourth-order valence-electron chi connectivity index (χ4n) is 2.86. The largest absolute Gasteiger partial charge is 0.478 e. The average molecular weight is 380 g/mol. The van der Waals surface area contributed by atoms with E-state index in [-0.39, 0.29) is 16.7 Å². The first-order valence-electron chi connectivity index (χ1n) is 8.54. The summed E-state index contributed by atoms with van der Waals surface area (Å²) in [5.74, 6) is -0.964. The van der Waals surface area contributed by atoms with Crippen LogP contribution in [0.4, 0.5) is 5.69 Å². The van der Waals surface area contributed by atoms with Crippen molar-refractivity contribution >= 4 is 34.5 Å². The van der Waals surface area contributed by atoms with Gasteiger partial charge in [-0.05, 0) is 43.2 Å². The molecule has 1 aliphatic heterocycles. The van der Waals surface area contributed by atoms with Gasteiger partial charge in [0.2, 0.25) is 5.91 Å². The minimum atomic E-state index is -0.980. The molecule has 0 bridgehead atoms. The Balaban J connectivity index is 1.84. The van der Waals surface area contributed by atoms with E-state index in [0.29, 0.717) is 23.8 Å². The van der Waals surface area contributed by atoms with E-state index in [9.17, 15) is 9.59 Å². The number of benzene rings is 2. The molecule has 0 spiro atoms. The number of thioether (sulfide) groups is 1. The van der Waals surface area contributed by atoms with Crippen molar-refractivity contribution in [2.45, 2.75) is 18.6 Å². The van der Waals surface area contributed by atoms with E-state index in [0.717, 1.165) is 5.56 Å². The van der Waals surface area contributed by atoms with Gasteiger partial charge in [-0.1, -0.05) is 47.7 Å². The molecule has 0 aromatic heterocycles. The van der Waals surface area contributed by atoms with Crippen LogP contribution in [0.15, 0.2) is 66.2 Å². The first-order valence-corrected chi connectivity index (χ1v) is 9.42. The molecule has 0 saturated carbocycles. The van der Waals surface area contributed by atoms with Crippen molar-refractivity contribution in [2.24, 2.45) is 4.99 Å². The van der Waals surface area contributed by atoms with Crippen LogP contribution in [0.5, 0.6) is 0 Å². The highest BCUT2D eigenvalue weighted by Gasteiger charge is 2.37. The number of aromatic carboxylic acids is 1. The highest BCUT2D eigenvalue weighted by molar-refractivity contribution is 8.15. The number of amidine groups is 1. The smallest absolute Gasteiger partial charge is 0.335 e. The zero-order valence-electron chi connectivity index (χ0n) is 15.0. The standard InChI is InChI=1S/C21H20N2O3S/c1-3-11-23-19(24)18(13-15-6-4-5-14(2)12-15)27-21(23)22-17-9-7-16(8-10-17)20(25)26/h3-10,12,18H,1,11,13H2,2H3,(H,25,26). The van der Waals surface area contributed by atoms with Crippen LogP contribution in [0, 0.1) is 6.92 Å². The Hall–Kier alpha value is -2.86. The third kappa shape index (κ3) is 4.46. The summed E-state index contributed by atoms with van der Waals surface area (Å²) < 4.78 is 0. The molecule has 5 nitrogen and oxygen atoms in total. The lowest BCUT2D eigenvalue weighted by molar-refractivity contribution is -0.125. The molecule has 1 unspecified atom stereocenters. The Labute approximate surface area is 162 Å². The van der Waals surface area contributed by atoms with Gasteiger partial charge in [-0.3, -0.25) is 9.69 Å². The number of rotatable bonds is 6. The quantitative estimate of drug-likeness (QED) is 0.768. The highest BCUT2D eigenvalue weighted by atomic mass is 32.2. The summed E-state index contributed by atoms with van der Waals surface area (Å²) >= 11 is 1.44. The van der Waals surface area contributed by atoms with Gasteiger partial charge in [0.25, 0.3) is 0 Å². The van der Waals surface area contributed by atoms with E-state index in [2.05, 4.69) is 17.6 Å². The summed E-state index contributed by atoms with van der Waals surface area (Å²) in [4.78, 5) is 30.0. The van der Waals surface area contributed by atoms with Gasteiger partial charge in [-0.2, -0.15) is 0 Å². The second kappa shape index (κ2) is 8.22. The number of hydrogen-bond donors (Lipinski definition) is 1. The molecule has 2 aromatic rings. The lowest BCUT2D eigenvalue weighted by Crippen LogP contribution is -2.32. The SMILES string of the molecule is C=CCN1C(=O)C(Cc2cccc(C)c2)SC1=Nc1ccc(C(=O)O)cc1. The van der Waals surface area contributed by atoms with Crippen LogP contribution in [0.3, 0.4) is 0 Å². The predicted molar refractivity (Wildman–Crippen MR) is 109 cm³/mol. The third-order valence-corrected chi connectivity index (χ3v) is 5.35. The Morgan fingerprint density at radius 1 is 1.30 bits per heavy atom. The second-order valence-corrected chi connectivity index (χ2v) is 7.45. The van der Waals surface area contributed by atoms with Gasteiger partial charge in [-0.15, -0.1) is 6.58 Å². The summed E-state index contributed by atoms with van der Waals surface area (Å²) in [7, 11) is 0. The maximum atomic E-state index is 12.8. The van der Waals surface area contributed by atoms with Crippen molar-refractivity contribution in [1.29, 1.82) is 0 Å². The number of carbonyl (C=O) groups is 2. The number of nitrogens with zero attached hydrogens (tertiary/aromatic N) is 2. The molecule has 1 atom stereocenters. The summed E-state index contributed by atoms with van der Waals surface area (Å²) in [6, 6.07) is 14.4. The topological polar surface area (TPSA) is 70.0 Å². The molecule has 138 valence electrons.